The summed E-state index contributed by atoms with van der Waals surface area (Å²) < 4.78 is 59.4. The maximum Gasteiger partial charge on any atom is 0.338 e. The van der Waals surface area contributed by atoms with Gasteiger partial charge in [-0.3, -0.25) is 4.98 Å². The van der Waals surface area contributed by atoms with Crippen molar-refractivity contribution in [3.8, 4) is 5.75 Å². The second kappa shape index (κ2) is 15.3. The number of fused-ring (bicyclic) bond motifs is 1. The zero-order valence-corrected chi connectivity index (χ0v) is 31.5. The van der Waals surface area contributed by atoms with E-state index in [-0.39, 0.29) is 48.5 Å². The Labute approximate surface area is 315 Å². The molecule has 1 saturated carbocycles. The third-order valence-corrected chi connectivity index (χ3v) is 11.5. The standard InChI is InChI=1S/C43H49F3N4O4/c1-26-5-9-29(10-6-26)38(44)37-35(28-13-17-43(45,46)18-14-28)36-33(21-42(2,3)22-34(36)54-25-27-7-11-32(53-4)12-8-27)49-39(37)30-15-19-50(20-16-30)41-47-23-31(24-48-41)40(51)52/h5-12,23-24,28,30,34,38H,13-22,25H2,1-4H3,(H,51,52). The largest absolute Gasteiger partial charge is 0.497 e. The molecule has 7 rings (SSSR count). The Balaban J connectivity index is 1.33. The van der Waals surface area contributed by atoms with Gasteiger partial charge in [0.15, 0.2) is 6.17 Å². The Morgan fingerprint density at radius 2 is 1.59 bits per heavy atom. The fourth-order valence-electron chi connectivity index (χ4n) is 8.58. The molecule has 3 aliphatic rings. The molecule has 0 radical (unpaired) electrons. The number of aromatic nitrogens is 3. The smallest absolute Gasteiger partial charge is 0.338 e. The molecule has 286 valence electrons. The van der Waals surface area contributed by atoms with Crippen LogP contribution in [0.5, 0.6) is 5.75 Å². The average Bonchev–Trinajstić information content (AvgIpc) is 3.16. The third-order valence-electron chi connectivity index (χ3n) is 11.5. The van der Waals surface area contributed by atoms with Gasteiger partial charge in [-0.15, -0.1) is 0 Å². The summed E-state index contributed by atoms with van der Waals surface area (Å²) in [5.41, 5.74) is 6.17. The van der Waals surface area contributed by atoms with E-state index in [1.165, 1.54) is 12.4 Å². The SMILES string of the molecule is COc1ccc(COC2CC(C)(C)Cc3nc(C4CCN(c5ncc(C(=O)O)cn5)CC4)c(C(F)c4ccc(C)cc4)c(C4CCC(F)(F)CC4)c32)cc1. The van der Waals surface area contributed by atoms with Gasteiger partial charge in [0, 0.05) is 61.1 Å². The normalized spacial score (nSPS) is 20.6. The lowest BCUT2D eigenvalue weighted by molar-refractivity contribution is -0.0390. The lowest BCUT2D eigenvalue weighted by Crippen LogP contribution is -2.36. The highest BCUT2D eigenvalue weighted by atomic mass is 19.3. The van der Waals surface area contributed by atoms with E-state index >= 15 is 4.39 Å². The molecule has 54 heavy (non-hydrogen) atoms. The van der Waals surface area contributed by atoms with Crippen molar-refractivity contribution >= 4 is 11.9 Å². The Morgan fingerprint density at radius 1 is 0.944 bits per heavy atom. The van der Waals surface area contributed by atoms with Gasteiger partial charge in [0.2, 0.25) is 11.9 Å². The van der Waals surface area contributed by atoms with E-state index < -0.39 is 24.2 Å². The van der Waals surface area contributed by atoms with E-state index in [1.54, 1.807) is 7.11 Å². The number of alkyl halides is 3. The van der Waals surface area contributed by atoms with Crippen molar-refractivity contribution in [1.82, 2.24) is 15.0 Å². The molecule has 1 N–H and O–H groups in total. The summed E-state index contributed by atoms with van der Waals surface area (Å²) in [6.07, 6.45) is 3.37. The maximum absolute atomic E-state index is 17.7. The van der Waals surface area contributed by atoms with Gasteiger partial charge in [0.05, 0.1) is 31.1 Å². The predicted molar refractivity (Wildman–Crippen MR) is 200 cm³/mol. The van der Waals surface area contributed by atoms with Crippen LogP contribution in [0.3, 0.4) is 0 Å². The minimum atomic E-state index is -2.75. The van der Waals surface area contributed by atoms with Crippen LogP contribution in [-0.4, -0.2) is 52.1 Å². The number of methoxy groups -OCH3 is 1. The summed E-state index contributed by atoms with van der Waals surface area (Å²) in [6, 6.07) is 15.2. The van der Waals surface area contributed by atoms with E-state index in [9.17, 15) is 18.7 Å². The Morgan fingerprint density at radius 3 is 2.20 bits per heavy atom. The quantitative estimate of drug-likeness (QED) is 0.172. The molecule has 1 aliphatic heterocycles. The number of pyridine rings is 1. The first-order valence-electron chi connectivity index (χ1n) is 19.0. The lowest BCUT2D eigenvalue weighted by Gasteiger charge is -2.42. The highest BCUT2D eigenvalue weighted by molar-refractivity contribution is 5.86. The summed E-state index contributed by atoms with van der Waals surface area (Å²) in [5.74, 6) is -3.01. The number of carboxylic acid groups (broad SMARTS) is 1. The summed E-state index contributed by atoms with van der Waals surface area (Å²) in [7, 11) is 1.63. The van der Waals surface area contributed by atoms with Crippen LogP contribution < -0.4 is 9.64 Å². The molecule has 11 heteroatoms. The molecule has 2 aromatic heterocycles. The number of carbonyl (C=O) groups is 1. The van der Waals surface area contributed by atoms with E-state index in [2.05, 4.69) is 23.8 Å². The van der Waals surface area contributed by atoms with Crippen molar-refractivity contribution in [3.63, 3.8) is 0 Å². The number of halogens is 3. The van der Waals surface area contributed by atoms with E-state index in [4.69, 9.17) is 14.5 Å². The number of piperidine rings is 1. The predicted octanol–water partition coefficient (Wildman–Crippen LogP) is 9.85. The van der Waals surface area contributed by atoms with Crippen molar-refractivity contribution in [2.75, 3.05) is 25.1 Å². The van der Waals surface area contributed by atoms with Crippen LogP contribution in [0.1, 0.15) is 138 Å². The molecular weight excluding hydrogens is 693 g/mol. The first kappa shape index (κ1) is 37.8. The first-order valence-corrected chi connectivity index (χ1v) is 19.0. The van der Waals surface area contributed by atoms with Crippen LogP contribution in [0.15, 0.2) is 60.9 Å². The molecule has 2 unspecified atom stereocenters. The van der Waals surface area contributed by atoms with Crippen LogP contribution in [0.4, 0.5) is 19.1 Å². The minimum Gasteiger partial charge on any atom is -0.497 e. The van der Waals surface area contributed by atoms with Crippen molar-refractivity contribution in [2.24, 2.45) is 5.41 Å². The number of benzene rings is 2. The lowest BCUT2D eigenvalue weighted by atomic mass is 9.68. The highest BCUT2D eigenvalue weighted by Crippen LogP contribution is 2.53. The van der Waals surface area contributed by atoms with Gasteiger partial charge < -0.3 is 19.5 Å². The third kappa shape index (κ3) is 8.11. The van der Waals surface area contributed by atoms with Gasteiger partial charge in [0.25, 0.3) is 0 Å². The van der Waals surface area contributed by atoms with Crippen molar-refractivity contribution in [3.05, 3.63) is 111 Å². The number of anilines is 1. The number of ether oxygens (including phenoxy) is 2. The molecule has 2 aliphatic carbocycles. The molecule has 2 fully saturated rings. The average molecular weight is 743 g/mol. The van der Waals surface area contributed by atoms with Crippen LogP contribution >= 0.6 is 0 Å². The number of nitrogens with zero attached hydrogens (tertiary/aromatic N) is 4. The number of hydrogen-bond donors (Lipinski definition) is 1. The number of rotatable bonds is 10. The van der Waals surface area contributed by atoms with E-state index in [0.717, 1.165) is 33.7 Å². The number of hydrogen-bond acceptors (Lipinski definition) is 7. The van der Waals surface area contributed by atoms with Crippen molar-refractivity contribution in [2.45, 2.75) is 109 Å². The van der Waals surface area contributed by atoms with Gasteiger partial charge in [-0.1, -0.05) is 55.8 Å². The summed E-state index contributed by atoms with van der Waals surface area (Å²) >= 11 is 0. The van der Waals surface area contributed by atoms with Gasteiger partial charge in [-0.2, -0.15) is 0 Å². The van der Waals surface area contributed by atoms with Crippen LogP contribution in [-0.2, 0) is 17.8 Å². The molecule has 0 spiro atoms. The maximum atomic E-state index is 17.7. The fraction of sp³-hybridized carbons (Fsp3) is 0.488. The van der Waals surface area contributed by atoms with Crippen LogP contribution in [0.25, 0.3) is 0 Å². The van der Waals surface area contributed by atoms with E-state index in [1.807, 2.05) is 60.4 Å². The number of aryl methyl sites for hydroxylation is 1. The number of aromatic carboxylic acids is 1. The molecule has 2 aromatic carbocycles. The van der Waals surface area contributed by atoms with Crippen molar-refractivity contribution < 1.29 is 32.5 Å². The number of carboxylic acids is 1. The Bertz CT molecular complexity index is 1940. The van der Waals surface area contributed by atoms with Gasteiger partial charge >= 0.3 is 5.97 Å². The summed E-state index contributed by atoms with van der Waals surface area (Å²) in [4.78, 5) is 27.4. The molecule has 2 atom stereocenters. The second-order valence-electron chi connectivity index (χ2n) is 16.1. The van der Waals surface area contributed by atoms with Gasteiger partial charge in [0.1, 0.15) is 5.75 Å². The zero-order chi connectivity index (χ0) is 38.2. The van der Waals surface area contributed by atoms with Crippen LogP contribution in [0, 0.1) is 12.3 Å². The monoisotopic (exact) mass is 742 g/mol. The Hall–Kier alpha value is -4.51. The molecule has 8 nitrogen and oxygen atoms in total. The van der Waals surface area contributed by atoms with Gasteiger partial charge in [-0.05, 0) is 85.6 Å². The second-order valence-corrected chi connectivity index (χ2v) is 16.1. The molecule has 1 saturated heterocycles. The molecule has 3 heterocycles. The summed E-state index contributed by atoms with van der Waals surface area (Å²) in [5, 5.41) is 9.31. The first-order chi connectivity index (χ1) is 25.8. The minimum absolute atomic E-state index is 0.0174. The fourth-order valence-corrected chi connectivity index (χ4v) is 8.58. The van der Waals surface area contributed by atoms with Crippen LogP contribution in [0.2, 0.25) is 0 Å². The molecule has 0 bridgehead atoms. The topological polar surface area (TPSA) is 97.7 Å². The Kier molecular flexibility index (Phi) is 10.7. The molecule has 0 amide bonds. The van der Waals surface area contributed by atoms with Gasteiger partial charge in [-0.25, -0.2) is 27.9 Å². The molecular formula is C43H49F3N4O4. The van der Waals surface area contributed by atoms with Crippen molar-refractivity contribution in [1.29, 1.82) is 0 Å². The summed E-state index contributed by atoms with van der Waals surface area (Å²) in [6.45, 7) is 7.84. The van der Waals surface area contributed by atoms with E-state index in [0.29, 0.717) is 68.1 Å². The highest BCUT2D eigenvalue weighted by Gasteiger charge is 2.44. The molecule has 4 aromatic rings. The zero-order valence-electron chi connectivity index (χ0n) is 31.5.